The number of carbonyl (C=O) groups is 3. The lowest BCUT2D eigenvalue weighted by Gasteiger charge is -2.25. The summed E-state index contributed by atoms with van der Waals surface area (Å²) in [6, 6.07) is -0.618. The molecule has 0 fully saturated rings. The number of aliphatic carboxylic acids is 1. The number of likely N-dealkylation sites (N-methyl/N-ethyl adjacent to an activating group) is 1. The van der Waals surface area contributed by atoms with Gasteiger partial charge in [0.25, 0.3) is 0 Å². The molecule has 2 N–H and O–H groups in total. The molecule has 8 nitrogen and oxygen atoms in total. The van der Waals surface area contributed by atoms with Crippen molar-refractivity contribution >= 4 is 17.9 Å². The molecule has 0 aromatic heterocycles. The van der Waals surface area contributed by atoms with E-state index in [-0.39, 0.29) is 19.0 Å². The molecular formula is C12H19N3O5. The van der Waals surface area contributed by atoms with Crippen molar-refractivity contribution in [3.05, 3.63) is 0 Å². The summed E-state index contributed by atoms with van der Waals surface area (Å²) in [6.07, 6.45) is 5.08. The number of terminal acetylenes is 1. The zero-order chi connectivity index (χ0) is 15.5. The molecule has 0 bridgehead atoms. The second-order valence-corrected chi connectivity index (χ2v) is 3.94. The van der Waals surface area contributed by atoms with Crippen LogP contribution in [0.2, 0.25) is 0 Å². The third-order valence-electron chi connectivity index (χ3n) is 2.21. The molecule has 0 aliphatic heterocycles. The lowest BCUT2D eigenvalue weighted by atomic mass is 10.4. The van der Waals surface area contributed by atoms with Crippen LogP contribution in [0.1, 0.15) is 0 Å². The van der Waals surface area contributed by atoms with Crippen LogP contribution in [0, 0.1) is 12.3 Å². The highest BCUT2D eigenvalue weighted by Gasteiger charge is 2.21. The minimum Gasteiger partial charge on any atom is -0.480 e. The van der Waals surface area contributed by atoms with E-state index in [9.17, 15) is 14.4 Å². The zero-order valence-corrected chi connectivity index (χ0v) is 11.6. The number of nitrogens with one attached hydrogen (secondary N) is 1. The molecule has 0 atom stereocenters. The van der Waals surface area contributed by atoms with Gasteiger partial charge in [-0.05, 0) is 0 Å². The van der Waals surface area contributed by atoms with Gasteiger partial charge in [-0.25, -0.2) is 4.79 Å². The van der Waals surface area contributed by atoms with Crippen molar-refractivity contribution in [1.82, 2.24) is 15.1 Å². The number of hydrogen-bond donors (Lipinski definition) is 2. The van der Waals surface area contributed by atoms with Crippen LogP contribution in [0.15, 0.2) is 0 Å². The maximum Gasteiger partial charge on any atom is 0.323 e. The van der Waals surface area contributed by atoms with Crippen molar-refractivity contribution in [1.29, 1.82) is 0 Å². The van der Waals surface area contributed by atoms with Crippen molar-refractivity contribution in [3.63, 3.8) is 0 Å². The van der Waals surface area contributed by atoms with Gasteiger partial charge in [0.05, 0.1) is 13.2 Å². The molecule has 0 heterocycles. The number of hydrogen-bond acceptors (Lipinski definition) is 4. The molecule has 112 valence electrons. The van der Waals surface area contributed by atoms with Crippen LogP contribution >= 0.6 is 0 Å². The van der Waals surface area contributed by atoms with Crippen molar-refractivity contribution in [2.75, 3.05) is 46.9 Å². The Morgan fingerprint density at radius 3 is 2.50 bits per heavy atom. The quantitative estimate of drug-likeness (QED) is 0.432. The predicted molar refractivity (Wildman–Crippen MR) is 71.0 cm³/mol. The molecular weight excluding hydrogens is 266 g/mol. The Labute approximate surface area is 117 Å². The van der Waals surface area contributed by atoms with Gasteiger partial charge in [0.15, 0.2) is 0 Å². The highest BCUT2D eigenvalue weighted by molar-refractivity contribution is 5.85. The summed E-state index contributed by atoms with van der Waals surface area (Å²) in [4.78, 5) is 36.1. The minimum absolute atomic E-state index is 0.138. The topological polar surface area (TPSA) is 99.2 Å². The Morgan fingerprint density at radius 2 is 2.00 bits per heavy atom. The van der Waals surface area contributed by atoms with Gasteiger partial charge in [0.2, 0.25) is 5.91 Å². The van der Waals surface area contributed by atoms with E-state index in [1.54, 1.807) is 0 Å². The van der Waals surface area contributed by atoms with E-state index in [0.29, 0.717) is 13.2 Å². The number of carboxylic acid groups (broad SMARTS) is 1. The van der Waals surface area contributed by atoms with E-state index in [0.717, 1.165) is 9.80 Å². The Hall–Kier alpha value is -2.27. The standard InChI is InChI=1S/C12H19N3O5/c1-4-6-15(9-11(17)18)12(19)14(2)8-10(16)13-5-7-20-3/h1H,5-9H2,2-3H3,(H,13,16)(H,17,18). The van der Waals surface area contributed by atoms with E-state index < -0.39 is 18.5 Å². The monoisotopic (exact) mass is 285 g/mol. The van der Waals surface area contributed by atoms with Gasteiger partial charge in [-0.3, -0.25) is 9.59 Å². The van der Waals surface area contributed by atoms with Gasteiger partial charge in [0, 0.05) is 20.7 Å². The molecule has 0 saturated carbocycles. The molecule has 3 amide bonds. The maximum atomic E-state index is 11.9. The Kier molecular flexibility index (Phi) is 8.54. The summed E-state index contributed by atoms with van der Waals surface area (Å²) >= 11 is 0. The van der Waals surface area contributed by atoms with Gasteiger partial charge in [0.1, 0.15) is 13.1 Å². The smallest absolute Gasteiger partial charge is 0.323 e. The van der Waals surface area contributed by atoms with Crippen LogP contribution in [-0.2, 0) is 14.3 Å². The number of amides is 3. The fourth-order valence-corrected chi connectivity index (χ4v) is 1.34. The normalized spacial score (nSPS) is 9.45. The summed E-state index contributed by atoms with van der Waals surface area (Å²) in [5.74, 6) is 0.661. The molecule has 0 aromatic carbocycles. The van der Waals surface area contributed by atoms with Gasteiger partial charge >= 0.3 is 12.0 Å². The van der Waals surface area contributed by atoms with E-state index in [2.05, 4.69) is 11.2 Å². The number of methoxy groups -OCH3 is 1. The molecule has 0 saturated heterocycles. The highest BCUT2D eigenvalue weighted by atomic mass is 16.5. The van der Waals surface area contributed by atoms with E-state index in [1.165, 1.54) is 14.2 Å². The van der Waals surface area contributed by atoms with Crippen LogP contribution in [0.3, 0.4) is 0 Å². The van der Waals surface area contributed by atoms with Crippen molar-refractivity contribution in [2.45, 2.75) is 0 Å². The average molecular weight is 285 g/mol. The van der Waals surface area contributed by atoms with Crippen molar-refractivity contribution < 1.29 is 24.2 Å². The SMILES string of the molecule is C#CCN(CC(=O)O)C(=O)N(C)CC(=O)NCCOC. The number of nitrogens with zero attached hydrogens (tertiary/aromatic N) is 2. The van der Waals surface area contributed by atoms with Crippen LogP contribution in [0.5, 0.6) is 0 Å². The zero-order valence-electron chi connectivity index (χ0n) is 11.6. The first-order valence-electron chi connectivity index (χ1n) is 5.83. The van der Waals surface area contributed by atoms with Crippen molar-refractivity contribution in [2.24, 2.45) is 0 Å². The van der Waals surface area contributed by atoms with Gasteiger partial charge < -0.3 is 25.0 Å². The second kappa shape index (κ2) is 9.63. The first-order chi connectivity index (χ1) is 9.42. The number of ether oxygens (including phenoxy) is 1. The number of carboxylic acids is 1. The molecule has 0 spiro atoms. The Bertz CT molecular complexity index is 391. The summed E-state index contributed by atoms with van der Waals surface area (Å²) in [5.41, 5.74) is 0. The minimum atomic E-state index is -1.17. The molecule has 0 unspecified atom stereocenters. The van der Waals surface area contributed by atoms with E-state index in [4.69, 9.17) is 16.3 Å². The lowest BCUT2D eigenvalue weighted by Crippen LogP contribution is -2.47. The molecule has 0 aliphatic carbocycles. The third kappa shape index (κ3) is 7.23. The third-order valence-corrected chi connectivity index (χ3v) is 2.21. The summed E-state index contributed by atoms with van der Waals surface area (Å²) in [5, 5.41) is 11.2. The molecule has 0 rings (SSSR count). The predicted octanol–water partition coefficient (Wildman–Crippen LogP) is -1.18. The summed E-state index contributed by atoms with van der Waals surface area (Å²) in [6.45, 7) is -0.144. The molecule has 0 aliphatic rings. The Morgan fingerprint density at radius 1 is 1.35 bits per heavy atom. The lowest BCUT2D eigenvalue weighted by molar-refractivity contribution is -0.137. The molecule has 20 heavy (non-hydrogen) atoms. The average Bonchev–Trinajstić information content (AvgIpc) is 2.37. The fraction of sp³-hybridized carbons (Fsp3) is 0.583. The van der Waals surface area contributed by atoms with Crippen LogP contribution in [0.4, 0.5) is 4.79 Å². The Balaban J connectivity index is 4.38. The summed E-state index contributed by atoms with van der Waals surface area (Å²) < 4.78 is 4.77. The van der Waals surface area contributed by atoms with Crippen molar-refractivity contribution in [3.8, 4) is 12.3 Å². The van der Waals surface area contributed by atoms with E-state index in [1.807, 2.05) is 0 Å². The maximum absolute atomic E-state index is 11.9. The van der Waals surface area contributed by atoms with Crippen LogP contribution < -0.4 is 5.32 Å². The molecule has 8 heteroatoms. The number of urea groups is 1. The van der Waals surface area contributed by atoms with Crippen LogP contribution in [0.25, 0.3) is 0 Å². The number of carbonyl (C=O) groups excluding carboxylic acids is 2. The molecule has 0 radical (unpaired) electrons. The first kappa shape index (κ1) is 17.7. The van der Waals surface area contributed by atoms with Crippen LogP contribution in [-0.4, -0.2) is 79.8 Å². The van der Waals surface area contributed by atoms with E-state index >= 15 is 0 Å². The largest absolute Gasteiger partial charge is 0.480 e. The van der Waals surface area contributed by atoms with Gasteiger partial charge in [-0.1, -0.05) is 5.92 Å². The second-order valence-electron chi connectivity index (χ2n) is 3.94. The van der Waals surface area contributed by atoms with Gasteiger partial charge in [-0.2, -0.15) is 0 Å². The first-order valence-corrected chi connectivity index (χ1v) is 5.83. The highest BCUT2D eigenvalue weighted by Crippen LogP contribution is 1.96. The molecule has 0 aromatic rings. The number of rotatable bonds is 8. The summed E-state index contributed by atoms with van der Waals surface area (Å²) in [7, 11) is 2.90. The van der Waals surface area contributed by atoms with Gasteiger partial charge in [-0.15, -0.1) is 6.42 Å². The fourth-order valence-electron chi connectivity index (χ4n) is 1.34.